The Kier molecular flexibility index (Phi) is 2.84. The first-order valence-corrected chi connectivity index (χ1v) is 8.28. The summed E-state index contributed by atoms with van der Waals surface area (Å²) in [6.45, 7) is 0. The number of hydrogen-bond acceptors (Lipinski definition) is 2. The number of fused-ring (bicyclic) bond motifs is 3. The highest BCUT2D eigenvalue weighted by atomic mass is 19.1. The predicted octanol–water partition coefficient (Wildman–Crippen LogP) is 4.64. The Morgan fingerprint density at radius 3 is 2.44 bits per heavy atom. The van der Waals surface area contributed by atoms with Gasteiger partial charge in [0, 0.05) is 11.1 Å². The summed E-state index contributed by atoms with van der Waals surface area (Å²) in [6.07, 6.45) is 0.318. The molecule has 2 nitrogen and oxygen atoms in total. The van der Waals surface area contributed by atoms with Gasteiger partial charge >= 0.3 is 0 Å². The van der Waals surface area contributed by atoms with Crippen LogP contribution in [0.15, 0.2) is 77.8 Å². The van der Waals surface area contributed by atoms with Crippen molar-refractivity contribution in [1.82, 2.24) is 0 Å². The standard InChI is InChI=1S/C22H14FNO/c23-18-11-6-9-15-16(18)13-22(21(15)25)17-10-4-5-12-19(17)24-20(22)14-7-2-1-3-8-14/h1-12H,13H2. The lowest BCUT2D eigenvalue weighted by Gasteiger charge is -2.25. The SMILES string of the molecule is O=C1c2cccc(F)c2CC12C(c1ccccc1)=Nc1ccccc12. The highest BCUT2D eigenvalue weighted by molar-refractivity contribution is 6.31. The maximum Gasteiger partial charge on any atom is 0.180 e. The number of aliphatic imine (C=N–C) groups is 1. The Morgan fingerprint density at radius 1 is 0.880 bits per heavy atom. The van der Waals surface area contributed by atoms with E-state index in [0.717, 1.165) is 22.5 Å². The van der Waals surface area contributed by atoms with E-state index in [-0.39, 0.29) is 11.6 Å². The number of halogens is 1. The Bertz CT molecular complexity index is 1050. The molecule has 0 radical (unpaired) electrons. The monoisotopic (exact) mass is 327 g/mol. The molecule has 2 aliphatic rings. The van der Waals surface area contributed by atoms with Gasteiger partial charge in [0.15, 0.2) is 5.78 Å². The lowest BCUT2D eigenvalue weighted by atomic mass is 9.72. The van der Waals surface area contributed by atoms with Crippen molar-refractivity contribution in [2.45, 2.75) is 11.8 Å². The van der Waals surface area contributed by atoms with Gasteiger partial charge in [-0.1, -0.05) is 60.7 Å². The number of para-hydroxylation sites is 1. The van der Waals surface area contributed by atoms with Gasteiger partial charge in [0.25, 0.3) is 0 Å². The van der Waals surface area contributed by atoms with Crippen LogP contribution in [0.3, 0.4) is 0 Å². The Labute approximate surface area is 144 Å². The van der Waals surface area contributed by atoms with Gasteiger partial charge in [-0.2, -0.15) is 0 Å². The average molecular weight is 327 g/mol. The van der Waals surface area contributed by atoms with E-state index >= 15 is 0 Å². The van der Waals surface area contributed by atoms with E-state index in [1.807, 2.05) is 54.6 Å². The molecule has 3 aromatic carbocycles. The maximum atomic E-state index is 14.4. The van der Waals surface area contributed by atoms with Gasteiger partial charge in [0.2, 0.25) is 0 Å². The molecule has 1 unspecified atom stereocenters. The number of ketones is 1. The van der Waals surface area contributed by atoms with Crippen LogP contribution in [0.4, 0.5) is 10.1 Å². The van der Waals surface area contributed by atoms with E-state index < -0.39 is 5.41 Å². The van der Waals surface area contributed by atoms with Crippen LogP contribution in [0.5, 0.6) is 0 Å². The Balaban J connectivity index is 1.80. The molecule has 0 amide bonds. The third kappa shape index (κ3) is 1.78. The molecule has 0 N–H and O–H groups in total. The quantitative estimate of drug-likeness (QED) is 0.640. The van der Waals surface area contributed by atoms with Gasteiger partial charge in [-0.25, -0.2) is 4.39 Å². The molecule has 1 aliphatic heterocycles. The molecule has 0 aromatic heterocycles. The largest absolute Gasteiger partial charge is 0.293 e. The van der Waals surface area contributed by atoms with E-state index in [2.05, 4.69) is 0 Å². The fourth-order valence-electron chi connectivity index (χ4n) is 4.12. The second-order valence-electron chi connectivity index (χ2n) is 6.52. The first kappa shape index (κ1) is 14.3. The molecule has 5 rings (SSSR count). The Hall–Kier alpha value is -3.07. The molecule has 3 heteroatoms. The normalized spacial score (nSPS) is 20.5. The number of nitrogens with zero attached hydrogens (tertiary/aromatic N) is 1. The molecule has 25 heavy (non-hydrogen) atoms. The predicted molar refractivity (Wildman–Crippen MR) is 95.2 cm³/mol. The lowest BCUT2D eigenvalue weighted by Crippen LogP contribution is -2.40. The number of carbonyl (C=O) groups excluding carboxylic acids is 1. The Morgan fingerprint density at radius 2 is 1.64 bits per heavy atom. The molecule has 0 saturated heterocycles. The van der Waals surface area contributed by atoms with Crippen LogP contribution in [-0.4, -0.2) is 11.5 Å². The lowest BCUT2D eigenvalue weighted by molar-refractivity contribution is 0.0947. The van der Waals surface area contributed by atoms with Crippen molar-refractivity contribution in [3.63, 3.8) is 0 Å². The van der Waals surface area contributed by atoms with Crippen LogP contribution >= 0.6 is 0 Å². The smallest absolute Gasteiger partial charge is 0.180 e. The molecule has 120 valence electrons. The minimum absolute atomic E-state index is 0.0606. The van der Waals surface area contributed by atoms with Gasteiger partial charge in [0.1, 0.15) is 11.2 Å². The minimum atomic E-state index is -0.928. The molecule has 1 heterocycles. The summed E-state index contributed by atoms with van der Waals surface area (Å²) in [5.74, 6) is -0.380. The number of Topliss-reactive ketones (excluding diaryl/α,β-unsaturated/α-hetero) is 1. The zero-order valence-electron chi connectivity index (χ0n) is 13.4. The summed E-state index contributed by atoms with van der Waals surface area (Å²) in [6, 6.07) is 22.1. The van der Waals surface area contributed by atoms with Crippen molar-refractivity contribution in [3.8, 4) is 0 Å². The van der Waals surface area contributed by atoms with Crippen molar-refractivity contribution in [2.75, 3.05) is 0 Å². The molecule has 0 fully saturated rings. The van der Waals surface area contributed by atoms with Crippen LogP contribution in [-0.2, 0) is 11.8 Å². The van der Waals surface area contributed by atoms with Crippen LogP contribution in [0, 0.1) is 5.82 Å². The number of benzene rings is 3. The van der Waals surface area contributed by atoms with Crippen molar-refractivity contribution in [1.29, 1.82) is 0 Å². The fraction of sp³-hybridized carbons (Fsp3) is 0.0909. The molecule has 1 atom stereocenters. The van der Waals surface area contributed by atoms with Crippen molar-refractivity contribution < 1.29 is 9.18 Å². The summed E-state index contributed by atoms with van der Waals surface area (Å²) in [7, 11) is 0. The second kappa shape index (κ2) is 4.96. The van der Waals surface area contributed by atoms with E-state index in [1.165, 1.54) is 6.07 Å². The van der Waals surface area contributed by atoms with Crippen molar-refractivity contribution in [2.24, 2.45) is 4.99 Å². The van der Waals surface area contributed by atoms with Crippen LogP contribution in [0.1, 0.15) is 27.0 Å². The third-order valence-electron chi connectivity index (χ3n) is 5.24. The topological polar surface area (TPSA) is 29.4 Å². The summed E-state index contributed by atoms with van der Waals surface area (Å²) in [5, 5.41) is 0. The van der Waals surface area contributed by atoms with Gasteiger partial charge in [-0.3, -0.25) is 9.79 Å². The second-order valence-corrected chi connectivity index (χ2v) is 6.52. The summed E-state index contributed by atoms with van der Waals surface area (Å²) in [4.78, 5) is 18.3. The van der Waals surface area contributed by atoms with E-state index in [1.54, 1.807) is 12.1 Å². The molecule has 3 aromatic rings. The summed E-state index contributed by atoms with van der Waals surface area (Å²) < 4.78 is 14.4. The maximum absolute atomic E-state index is 14.4. The van der Waals surface area contributed by atoms with E-state index in [0.29, 0.717) is 17.5 Å². The van der Waals surface area contributed by atoms with Crippen molar-refractivity contribution >= 4 is 17.2 Å². The number of carbonyl (C=O) groups is 1. The average Bonchev–Trinajstić information content (AvgIpc) is 3.14. The molecule has 0 saturated carbocycles. The highest BCUT2D eigenvalue weighted by Gasteiger charge is 2.55. The van der Waals surface area contributed by atoms with E-state index in [4.69, 9.17) is 4.99 Å². The number of hydrogen-bond donors (Lipinski definition) is 0. The first-order chi connectivity index (χ1) is 12.2. The van der Waals surface area contributed by atoms with Crippen LogP contribution in [0.25, 0.3) is 0 Å². The van der Waals surface area contributed by atoms with Gasteiger partial charge in [0.05, 0.1) is 11.4 Å². The van der Waals surface area contributed by atoms with Crippen LogP contribution < -0.4 is 0 Å². The molecule has 1 aliphatic carbocycles. The minimum Gasteiger partial charge on any atom is -0.293 e. The number of rotatable bonds is 1. The molecular formula is C22H14FNO. The zero-order chi connectivity index (χ0) is 17.0. The van der Waals surface area contributed by atoms with Gasteiger partial charge < -0.3 is 0 Å². The third-order valence-corrected chi connectivity index (χ3v) is 5.24. The fourth-order valence-corrected chi connectivity index (χ4v) is 4.12. The molecule has 1 spiro atoms. The summed E-state index contributed by atoms with van der Waals surface area (Å²) in [5.41, 5.74) is 3.32. The summed E-state index contributed by atoms with van der Waals surface area (Å²) >= 11 is 0. The van der Waals surface area contributed by atoms with Crippen LogP contribution in [0.2, 0.25) is 0 Å². The molecular weight excluding hydrogens is 313 g/mol. The molecule has 0 bridgehead atoms. The van der Waals surface area contributed by atoms with Crippen molar-refractivity contribution in [3.05, 3.63) is 101 Å². The zero-order valence-corrected chi connectivity index (χ0v) is 13.4. The van der Waals surface area contributed by atoms with Gasteiger partial charge in [-0.15, -0.1) is 0 Å². The van der Waals surface area contributed by atoms with Gasteiger partial charge in [-0.05, 0) is 29.7 Å². The highest BCUT2D eigenvalue weighted by Crippen LogP contribution is 2.50. The van der Waals surface area contributed by atoms with E-state index in [9.17, 15) is 9.18 Å². The first-order valence-electron chi connectivity index (χ1n) is 8.28.